The van der Waals surface area contributed by atoms with Crippen molar-refractivity contribution < 1.29 is 4.58 Å². The summed E-state index contributed by atoms with van der Waals surface area (Å²) in [6, 6.07) is 8.36. The van der Waals surface area contributed by atoms with Crippen molar-refractivity contribution in [3.63, 3.8) is 0 Å². The molecule has 2 rings (SSSR count). The van der Waals surface area contributed by atoms with Crippen molar-refractivity contribution in [2.75, 3.05) is 26.2 Å². The van der Waals surface area contributed by atoms with Gasteiger partial charge in [0.05, 0.1) is 7.05 Å². The average molecular weight is 176 g/mol. The molecule has 1 aliphatic rings. The number of fused-ring (bicyclic) bond motifs is 1. The first kappa shape index (κ1) is 8.10. The summed E-state index contributed by atoms with van der Waals surface area (Å²) in [5.41, 5.74) is 2.47. The molecule has 1 aliphatic heterocycles. The number of hydrogen-bond donors (Lipinski definition) is 0. The molecule has 0 N–H and O–H groups in total. The van der Waals surface area contributed by atoms with Gasteiger partial charge in [-0.1, -0.05) is 12.1 Å². The lowest BCUT2D eigenvalue weighted by atomic mass is 10.2. The van der Waals surface area contributed by atoms with Crippen LogP contribution in [0.5, 0.6) is 0 Å². The van der Waals surface area contributed by atoms with E-state index in [-0.39, 0.29) is 0 Å². The normalized spacial score (nSPS) is 15.5. The molecule has 0 fully saturated rings. The minimum absolute atomic E-state index is 1.23. The summed E-state index contributed by atoms with van der Waals surface area (Å²) in [7, 11) is 6.15. The zero-order valence-electron chi connectivity index (χ0n) is 8.23. The van der Waals surface area contributed by atoms with Crippen LogP contribution in [-0.2, 0) is 0 Å². The van der Waals surface area contributed by atoms with Gasteiger partial charge in [-0.05, 0) is 12.1 Å². The van der Waals surface area contributed by atoms with E-state index >= 15 is 0 Å². The summed E-state index contributed by atoms with van der Waals surface area (Å²) in [6.07, 6.45) is 2.06. The highest BCUT2D eigenvalue weighted by atomic mass is 15.6. The quantitative estimate of drug-likeness (QED) is 0.551. The number of anilines is 1. The molecule has 0 saturated heterocycles. The van der Waals surface area contributed by atoms with E-state index in [1.807, 2.05) is 7.05 Å². The average Bonchev–Trinajstić information content (AvgIpc) is 2.15. The third-order valence-electron chi connectivity index (χ3n) is 2.42. The zero-order chi connectivity index (χ0) is 9.42. The summed E-state index contributed by atoms with van der Waals surface area (Å²) in [5, 5.41) is 4.18. The molecular weight excluding hydrogens is 162 g/mol. The summed E-state index contributed by atoms with van der Waals surface area (Å²) in [6.45, 7) is 0. The van der Waals surface area contributed by atoms with Gasteiger partial charge < -0.3 is 0 Å². The SMILES string of the molecule is CN1C=[N+](C)c2ccccc2N1C. The van der Waals surface area contributed by atoms with Crippen LogP contribution in [0.15, 0.2) is 24.3 Å². The topological polar surface area (TPSA) is 9.49 Å². The minimum Gasteiger partial charge on any atom is -0.233 e. The Balaban J connectivity index is 2.58. The van der Waals surface area contributed by atoms with Crippen molar-refractivity contribution in [1.82, 2.24) is 5.01 Å². The fourth-order valence-corrected chi connectivity index (χ4v) is 1.60. The first-order valence-electron chi connectivity index (χ1n) is 4.33. The molecule has 0 bridgehead atoms. The predicted molar refractivity (Wildman–Crippen MR) is 54.5 cm³/mol. The zero-order valence-corrected chi connectivity index (χ0v) is 8.23. The van der Waals surface area contributed by atoms with Crippen LogP contribution in [0, 0.1) is 0 Å². The molecule has 0 amide bonds. The van der Waals surface area contributed by atoms with Crippen LogP contribution in [0.1, 0.15) is 0 Å². The Labute approximate surface area is 78.5 Å². The number of benzene rings is 1. The summed E-state index contributed by atoms with van der Waals surface area (Å²) >= 11 is 0. The molecule has 0 atom stereocenters. The lowest BCUT2D eigenvalue weighted by Gasteiger charge is -2.27. The minimum atomic E-state index is 1.23. The third-order valence-corrected chi connectivity index (χ3v) is 2.42. The molecule has 13 heavy (non-hydrogen) atoms. The highest BCUT2D eigenvalue weighted by Crippen LogP contribution is 2.28. The Kier molecular flexibility index (Phi) is 1.72. The molecule has 0 aliphatic carbocycles. The van der Waals surface area contributed by atoms with Crippen LogP contribution in [0.25, 0.3) is 0 Å². The molecule has 0 saturated carbocycles. The molecule has 0 radical (unpaired) electrons. The number of para-hydroxylation sites is 2. The van der Waals surface area contributed by atoms with Crippen molar-refractivity contribution in [1.29, 1.82) is 0 Å². The van der Waals surface area contributed by atoms with Gasteiger partial charge in [-0.25, -0.2) is 9.58 Å². The molecule has 68 valence electrons. The highest BCUT2D eigenvalue weighted by Gasteiger charge is 2.22. The molecule has 1 aromatic rings. The molecule has 3 nitrogen and oxygen atoms in total. The van der Waals surface area contributed by atoms with Gasteiger partial charge in [0.1, 0.15) is 12.7 Å². The van der Waals surface area contributed by atoms with Crippen molar-refractivity contribution in [3.05, 3.63) is 24.3 Å². The predicted octanol–water partition coefficient (Wildman–Crippen LogP) is 1.29. The van der Waals surface area contributed by atoms with Crippen molar-refractivity contribution in [2.45, 2.75) is 0 Å². The van der Waals surface area contributed by atoms with Crippen molar-refractivity contribution >= 4 is 17.7 Å². The van der Waals surface area contributed by atoms with Crippen molar-refractivity contribution in [3.8, 4) is 0 Å². The standard InChI is InChI=1S/C10H14N3/c1-11-8-12(2)13(3)10-7-5-4-6-9(10)11/h4-8H,1-3H3/q+1. The molecule has 0 aromatic heterocycles. The van der Waals surface area contributed by atoms with E-state index in [1.54, 1.807) is 0 Å². The fraction of sp³-hybridized carbons (Fsp3) is 0.300. The second-order valence-electron chi connectivity index (χ2n) is 3.31. The van der Waals surface area contributed by atoms with E-state index in [0.29, 0.717) is 0 Å². The van der Waals surface area contributed by atoms with E-state index in [4.69, 9.17) is 0 Å². The van der Waals surface area contributed by atoms with Crippen LogP contribution < -0.4 is 5.01 Å². The Bertz CT molecular complexity index is 357. The van der Waals surface area contributed by atoms with Gasteiger partial charge in [0, 0.05) is 7.05 Å². The maximum atomic E-state index is 2.12. The summed E-state index contributed by atoms with van der Waals surface area (Å²) < 4.78 is 2.12. The lowest BCUT2D eigenvalue weighted by Crippen LogP contribution is -2.40. The van der Waals surface area contributed by atoms with Crippen LogP contribution in [0.2, 0.25) is 0 Å². The van der Waals surface area contributed by atoms with Gasteiger partial charge in [-0.15, -0.1) is 0 Å². The highest BCUT2D eigenvalue weighted by molar-refractivity contribution is 5.70. The fourth-order valence-electron chi connectivity index (χ4n) is 1.60. The van der Waals surface area contributed by atoms with Gasteiger partial charge in [-0.2, -0.15) is 5.01 Å². The Morgan fingerprint density at radius 2 is 1.85 bits per heavy atom. The second kappa shape index (κ2) is 2.76. The van der Waals surface area contributed by atoms with E-state index < -0.39 is 0 Å². The van der Waals surface area contributed by atoms with E-state index in [1.165, 1.54) is 11.4 Å². The number of hydrogen-bond acceptors (Lipinski definition) is 2. The third kappa shape index (κ3) is 1.16. The van der Waals surface area contributed by atoms with Gasteiger partial charge in [-0.3, -0.25) is 0 Å². The van der Waals surface area contributed by atoms with Crippen LogP contribution in [-0.4, -0.2) is 37.1 Å². The van der Waals surface area contributed by atoms with Gasteiger partial charge in [0.15, 0.2) is 5.69 Å². The molecule has 1 aromatic carbocycles. The molecule has 0 spiro atoms. The Hall–Kier alpha value is -1.51. The lowest BCUT2D eigenvalue weighted by molar-refractivity contribution is -0.407. The van der Waals surface area contributed by atoms with Gasteiger partial charge in [0.25, 0.3) is 6.34 Å². The number of hydrazine groups is 1. The van der Waals surface area contributed by atoms with E-state index in [0.717, 1.165) is 0 Å². The monoisotopic (exact) mass is 176 g/mol. The summed E-state index contributed by atoms with van der Waals surface area (Å²) in [4.78, 5) is 0. The first-order valence-corrected chi connectivity index (χ1v) is 4.33. The summed E-state index contributed by atoms with van der Waals surface area (Å²) in [5.74, 6) is 0. The largest absolute Gasteiger partial charge is 0.262 e. The Morgan fingerprint density at radius 3 is 2.62 bits per heavy atom. The molecule has 3 heteroatoms. The number of rotatable bonds is 0. The maximum Gasteiger partial charge on any atom is 0.262 e. The maximum absolute atomic E-state index is 2.12. The van der Waals surface area contributed by atoms with Gasteiger partial charge >= 0.3 is 0 Å². The smallest absolute Gasteiger partial charge is 0.233 e. The number of nitrogens with zero attached hydrogens (tertiary/aromatic N) is 3. The Morgan fingerprint density at radius 1 is 1.15 bits per heavy atom. The van der Waals surface area contributed by atoms with Gasteiger partial charge in [0.2, 0.25) is 0 Å². The van der Waals surface area contributed by atoms with Crippen LogP contribution >= 0.6 is 0 Å². The second-order valence-corrected chi connectivity index (χ2v) is 3.31. The van der Waals surface area contributed by atoms with Crippen LogP contribution in [0.4, 0.5) is 11.4 Å². The molecular formula is C10H14N3+. The van der Waals surface area contributed by atoms with Crippen LogP contribution in [0.3, 0.4) is 0 Å². The van der Waals surface area contributed by atoms with E-state index in [2.05, 4.69) is 59.3 Å². The van der Waals surface area contributed by atoms with E-state index in [9.17, 15) is 0 Å². The molecule has 0 unspecified atom stereocenters. The first-order chi connectivity index (χ1) is 6.20. The van der Waals surface area contributed by atoms with Crippen molar-refractivity contribution in [2.24, 2.45) is 0 Å². The molecule has 1 heterocycles.